The quantitative estimate of drug-likeness (QED) is 0.719. The zero-order valence-electron chi connectivity index (χ0n) is 14.9. The normalized spacial score (nSPS) is 15.3. The van der Waals surface area contributed by atoms with E-state index in [1.54, 1.807) is 18.2 Å². The van der Waals surface area contributed by atoms with Crippen LogP contribution in [-0.4, -0.2) is 11.1 Å². The molecule has 4 nitrogen and oxygen atoms in total. The SMILES string of the molecule is Cc1cccc(C2Cc3cc(C#N)ccc3N2c2cccc(C(=O)O)c2)c1. The molecule has 1 atom stereocenters. The Morgan fingerprint density at radius 1 is 1.11 bits per heavy atom. The number of aromatic carboxylic acids is 1. The van der Waals surface area contributed by atoms with Gasteiger partial charge >= 0.3 is 5.97 Å². The van der Waals surface area contributed by atoms with Crippen molar-refractivity contribution in [3.05, 3.63) is 94.5 Å². The molecule has 132 valence electrons. The molecule has 3 aromatic carbocycles. The molecule has 0 bridgehead atoms. The summed E-state index contributed by atoms with van der Waals surface area (Å²) in [7, 11) is 0. The highest BCUT2D eigenvalue weighted by atomic mass is 16.4. The Bertz CT molecular complexity index is 1080. The van der Waals surface area contributed by atoms with E-state index in [1.807, 2.05) is 30.3 Å². The van der Waals surface area contributed by atoms with E-state index in [0.29, 0.717) is 5.56 Å². The smallest absolute Gasteiger partial charge is 0.335 e. The maximum atomic E-state index is 11.4. The summed E-state index contributed by atoms with van der Waals surface area (Å²) < 4.78 is 0. The lowest BCUT2D eigenvalue weighted by Crippen LogP contribution is -2.20. The molecule has 1 heterocycles. The number of aryl methyl sites for hydroxylation is 1. The fraction of sp³-hybridized carbons (Fsp3) is 0.130. The summed E-state index contributed by atoms with van der Waals surface area (Å²) in [4.78, 5) is 13.6. The molecule has 0 aromatic heterocycles. The van der Waals surface area contributed by atoms with E-state index in [4.69, 9.17) is 0 Å². The van der Waals surface area contributed by atoms with Gasteiger partial charge in [0.05, 0.1) is 23.2 Å². The molecule has 0 amide bonds. The lowest BCUT2D eigenvalue weighted by atomic mass is 9.99. The van der Waals surface area contributed by atoms with Crippen LogP contribution in [0.3, 0.4) is 0 Å². The van der Waals surface area contributed by atoms with Crippen molar-refractivity contribution in [2.24, 2.45) is 0 Å². The summed E-state index contributed by atoms with van der Waals surface area (Å²) in [6, 6.07) is 23.3. The van der Waals surface area contributed by atoms with Crippen molar-refractivity contribution in [1.82, 2.24) is 0 Å². The third-order valence-corrected chi connectivity index (χ3v) is 4.99. The monoisotopic (exact) mass is 354 g/mol. The second-order valence-corrected chi connectivity index (χ2v) is 6.81. The predicted octanol–water partition coefficient (Wildman–Crippen LogP) is 5.00. The van der Waals surface area contributed by atoms with E-state index < -0.39 is 5.97 Å². The predicted molar refractivity (Wildman–Crippen MR) is 104 cm³/mol. The maximum absolute atomic E-state index is 11.4. The molecule has 4 rings (SSSR count). The van der Waals surface area contributed by atoms with Crippen LogP contribution in [0.2, 0.25) is 0 Å². The van der Waals surface area contributed by atoms with Gasteiger partial charge in [-0.15, -0.1) is 0 Å². The second-order valence-electron chi connectivity index (χ2n) is 6.81. The molecule has 3 aromatic rings. The Labute approximate surface area is 157 Å². The van der Waals surface area contributed by atoms with Gasteiger partial charge in [0.15, 0.2) is 0 Å². The van der Waals surface area contributed by atoms with E-state index in [1.165, 1.54) is 11.1 Å². The fourth-order valence-corrected chi connectivity index (χ4v) is 3.77. The highest BCUT2D eigenvalue weighted by Gasteiger charge is 2.32. The van der Waals surface area contributed by atoms with Crippen LogP contribution in [0.5, 0.6) is 0 Å². The van der Waals surface area contributed by atoms with Crippen molar-refractivity contribution >= 4 is 17.3 Å². The summed E-state index contributed by atoms with van der Waals surface area (Å²) in [6.07, 6.45) is 0.769. The Morgan fingerprint density at radius 2 is 1.93 bits per heavy atom. The van der Waals surface area contributed by atoms with Gasteiger partial charge < -0.3 is 10.0 Å². The van der Waals surface area contributed by atoms with Gasteiger partial charge in [-0.3, -0.25) is 0 Å². The molecule has 0 spiro atoms. The summed E-state index contributed by atoms with van der Waals surface area (Å²) in [5, 5.41) is 18.6. The van der Waals surface area contributed by atoms with Crippen LogP contribution in [-0.2, 0) is 6.42 Å². The van der Waals surface area contributed by atoms with Crippen molar-refractivity contribution in [2.75, 3.05) is 4.90 Å². The average molecular weight is 354 g/mol. The number of hydrogen-bond acceptors (Lipinski definition) is 3. The first-order valence-electron chi connectivity index (χ1n) is 8.79. The topological polar surface area (TPSA) is 64.3 Å². The largest absolute Gasteiger partial charge is 0.478 e. The van der Waals surface area contributed by atoms with Gasteiger partial charge in [0.2, 0.25) is 0 Å². The molecule has 1 N–H and O–H groups in total. The van der Waals surface area contributed by atoms with Crippen molar-refractivity contribution in [2.45, 2.75) is 19.4 Å². The number of nitriles is 1. The number of carbonyl (C=O) groups is 1. The van der Waals surface area contributed by atoms with Crippen LogP contribution in [0.1, 0.15) is 38.7 Å². The molecule has 27 heavy (non-hydrogen) atoms. The number of hydrogen-bond donors (Lipinski definition) is 1. The zero-order chi connectivity index (χ0) is 19.0. The summed E-state index contributed by atoms with van der Waals surface area (Å²) in [5.74, 6) is -0.941. The zero-order valence-corrected chi connectivity index (χ0v) is 14.9. The Hall–Kier alpha value is -3.58. The number of benzene rings is 3. The van der Waals surface area contributed by atoms with Crippen LogP contribution in [0.25, 0.3) is 0 Å². The first-order valence-corrected chi connectivity index (χ1v) is 8.79. The number of anilines is 2. The molecule has 1 aliphatic heterocycles. The van der Waals surface area contributed by atoms with Gasteiger partial charge in [-0.05, 0) is 60.9 Å². The Balaban J connectivity index is 1.87. The number of nitrogens with zero attached hydrogens (tertiary/aromatic N) is 2. The molecular formula is C23H18N2O2. The number of fused-ring (bicyclic) bond motifs is 1. The van der Waals surface area contributed by atoms with Crippen molar-refractivity contribution in [1.29, 1.82) is 5.26 Å². The number of carboxylic acid groups (broad SMARTS) is 1. The van der Waals surface area contributed by atoms with Gasteiger partial charge in [-0.25, -0.2) is 4.79 Å². The lowest BCUT2D eigenvalue weighted by Gasteiger charge is -2.28. The number of rotatable bonds is 3. The molecular weight excluding hydrogens is 336 g/mol. The molecule has 0 fully saturated rings. The van der Waals surface area contributed by atoms with E-state index in [0.717, 1.165) is 23.4 Å². The Kier molecular flexibility index (Phi) is 4.13. The third-order valence-electron chi connectivity index (χ3n) is 4.99. The van der Waals surface area contributed by atoms with E-state index in [-0.39, 0.29) is 11.6 Å². The average Bonchev–Trinajstić information content (AvgIpc) is 3.06. The molecule has 0 saturated carbocycles. The van der Waals surface area contributed by atoms with Crippen LogP contribution in [0.15, 0.2) is 66.7 Å². The molecule has 0 saturated heterocycles. The van der Waals surface area contributed by atoms with Crippen LogP contribution < -0.4 is 4.90 Å². The van der Waals surface area contributed by atoms with Gasteiger partial charge in [0, 0.05) is 11.4 Å². The fourth-order valence-electron chi connectivity index (χ4n) is 3.77. The van der Waals surface area contributed by atoms with Crippen LogP contribution in [0, 0.1) is 18.3 Å². The minimum absolute atomic E-state index is 0.0536. The summed E-state index contributed by atoms with van der Waals surface area (Å²) in [6.45, 7) is 2.06. The van der Waals surface area contributed by atoms with Crippen molar-refractivity contribution in [3.63, 3.8) is 0 Å². The van der Waals surface area contributed by atoms with E-state index in [9.17, 15) is 15.2 Å². The number of carboxylic acids is 1. The first-order chi connectivity index (χ1) is 13.1. The highest BCUT2D eigenvalue weighted by molar-refractivity contribution is 5.89. The molecule has 0 radical (unpaired) electrons. The van der Waals surface area contributed by atoms with E-state index in [2.05, 4.69) is 36.1 Å². The summed E-state index contributed by atoms with van der Waals surface area (Å²) in [5.41, 5.74) is 6.20. The third kappa shape index (κ3) is 3.04. The van der Waals surface area contributed by atoms with Gasteiger partial charge in [0.1, 0.15) is 0 Å². The van der Waals surface area contributed by atoms with Gasteiger partial charge in [-0.2, -0.15) is 5.26 Å². The summed E-state index contributed by atoms with van der Waals surface area (Å²) >= 11 is 0. The lowest BCUT2D eigenvalue weighted by molar-refractivity contribution is 0.0697. The minimum Gasteiger partial charge on any atom is -0.478 e. The molecule has 1 aliphatic rings. The van der Waals surface area contributed by atoms with Gasteiger partial charge in [0.25, 0.3) is 0 Å². The Morgan fingerprint density at radius 3 is 2.67 bits per heavy atom. The molecule has 4 heteroatoms. The second kappa shape index (κ2) is 6.62. The van der Waals surface area contributed by atoms with Crippen LogP contribution in [0.4, 0.5) is 11.4 Å². The first kappa shape index (κ1) is 16.9. The highest BCUT2D eigenvalue weighted by Crippen LogP contribution is 2.45. The maximum Gasteiger partial charge on any atom is 0.335 e. The molecule has 1 unspecified atom stereocenters. The van der Waals surface area contributed by atoms with E-state index >= 15 is 0 Å². The van der Waals surface area contributed by atoms with Crippen LogP contribution >= 0.6 is 0 Å². The standard InChI is InChI=1S/C23H18N2O2/c1-15-4-2-5-17(10-15)22-13-19-11-16(14-24)8-9-21(19)25(22)20-7-3-6-18(12-20)23(26)27/h2-12,22H,13H2,1H3,(H,26,27). The molecule has 0 aliphatic carbocycles. The van der Waals surface area contributed by atoms with Crippen molar-refractivity contribution in [3.8, 4) is 6.07 Å². The minimum atomic E-state index is -0.941. The van der Waals surface area contributed by atoms with Gasteiger partial charge in [-0.1, -0.05) is 35.9 Å². The van der Waals surface area contributed by atoms with Crippen molar-refractivity contribution < 1.29 is 9.90 Å².